The van der Waals surface area contributed by atoms with Gasteiger partial charge >= 0.3 is 0 Å². The maximum Gasteiger partial charge on any atom is 0.101 e. The maximum absolute atomic E-state index is 4.42. The van der Waals surface area contributed by atoms with Gasteiger partial charge in [0.25, 0.3) is 0 Å². The molecule has 3 heteroatoms. The van der Waals surface area contributed by atoms with Gasteiger partial charge in [-0.3, -0.25) is 0 Å². The van der Waals surface area contributed by atoms with Crippen molar-refractivity contribution in [3.05, 3.63) is 52.1 Å². The van der Waals surface area contributed by atoms with E-state index in [1.807, 2.05) is 6.20 Å². The molecule has 0 aliphatic carbocycles. The lowest BCUT2D eigenvalue weighted by Crippen LogP contribution is -2.10. The first-order valence-corrected chi connectivity index (χ1v) is 7.88. The summed E-state index contributed by atoms with van der Waals surface area (Å²) in [5.41, 5.74) is 2.77. The highest BCUT2D eigenvalue weighted by atomic mass is 79.9. The van der Waals surface area contributed by atoms with Gasteiger partial charge in [0.1, 0.15) is 5.03 Å². The zero-order valence-electron chi connectivity index (χ0n) is 11.7. The number of hydrogen-bond donors (Lipinski definition) is 0. The molecule has 0 saturated carbocycles. The Morgan fingerprint density at radius 2 is 1.74 bits per heavy atom. The van der Waals surface area contributed by atoms with Crippen LogP contribution in [0, 0.1) is 6.92 Å². The molecule has 0 unspecified atom stereocenters. The van der Waals surface area contributed by atoms with Gasteiger partial charge in [-0.2, -0.15) is 0 Å². The summed E-state index contributed by atoms with van der Waals surface area (Å²) < 4.78 is 1.06. The number of benzene rings is 1. The van der Waals surface area contributed by atoms with Crippen molar-refractivity contribution >= 4 is 27.7 Å². The lowest BCUT2D eigenvalue weighted by molar-refractivity contribution is 0.590. The predicted octanol–water partition coefficient (Wildman–Crippen LogP) is 5.60. The summed E-state index contributed by atoms with van der Waals surface area (Å²) in [5.74, 6) is 0. The van der Waals surface area contributed by atoms with Crippen molar-refractivity contribution in [2.45, 2.75) is 43.0 Å². The molecular formula is C16H18BrNS. The minimum absolute atomic E-state index is 0.204. The monoisotopic (exact) mass is 335 g/mol. The van der Waals surface area contributed by atoms with Gasteiger partial charge in [-0.1, -0.05) is 44.7 Å². The molecule has 0 saturated heterocycles. The van der Waals surface area contributed by atoms with Crippen LogP contribution in [0.25, 0.3) is 0 Å². The molecule has 19 heavy (non-hydrogen) atoms. The van der Waals surface area contributed by atoms with Gasteiger partial charge in [-0.15, -0.1) is 0 Å². The van der Waals surface area contributed by atoms with E-state index in [0.717, 1.165) is 9.50 Å². The Bertz CT molecular complexity index is 570. The molecule has 0 atom stereocenters. The Morgan fingerprint density at radius 1 is 1.11 bits per heavy atom. The van der Waals surface area contributed by atoms with E-state index in [2.05, 4.69) is 78.9 Å². The Hall–Kier alpha value is -0.800. The fourth-order valence-electron chi connectivity index (χ4n) is 1.71. The Morgan fingerprint density at radius 3 is 2.26 bits per heavy atom. The first-order chi connectivity index (χ1) is 8.86. The zero-order chi connectivity index (χ0) is 14.0. The standard InChI is InChI=1S/C16H18BrNS/c1-11-9-15(18-10-14(11)17)19-13-7-5-12(6-8-13)16(2,3)4/h5-10H,1-4H3. The molecule has 0 radical (unpaired) electrons. The molecule has 1 heterocycles. The third-order valence-electron chi connectivity index (χ3n) is 2.96. The van der Waals surface area contributed by atoms with Crippen LogP contribution in [0.15, 0.2) is 50.9 Å². The van der Waals surface area contributed by atoms with Gasteiger partial charge in [0.2, 0.25) is 0 Å². The van der Waals surface area contributed by atoms with Crippen LogP contribution in [-0.4, -0.2) is 4.98 Å². The Kier molecular flexibility index (Phi) is 4.36. The van der Waals surface area contributed by atoms with Gasteiger partial charge in [-0.05, 0) is 57.6 Å². The summed E-state index contributed by atoms with van der Waals surface area (Å²) >= 11 is 5.17. The topological polar surface area (TPSA) is 12.9 Å². The fourth-order valence-corrected chi connectivity index (χ4v) is 2.78. The number of rotatable bonds is 2. The summed E-state index contributed by atoms with van der Waals surface area (Å²) in [6.45, 7) is 8.77. The highest BCUT2D eigenvalue weighted by Gasteiger charge is 2.13. The lowest BCUT2D eigenvalue weighted by atomic mass is 9.87. The van der Waals surface area contributed by atoms with E-state index in [0.29, 0.717) is 0 Å². The van der Waals surface area contributed by atoms with E-state index in [1.54, 1.807) is 11.8 Å². The number of pyridine rings is 1. The fraction of sp³-hybridized carbons (Fsp3) is 0.312. The highest BCUT2D eigenvalue weighted by molar-refractivity contribution is 9.10. The smallest absolute Gasteiger partial charge is 0.101 e. The Labute approximate surface area is 128 Å². The van der Waals surface area contributed by atoms with Crippen molar-refractivity contribution in [2.75, 3.05) is 0 Å². The van der Waals surface area contributed by atoms with E-state index in [-0.39, 0.29) is 5.41 Å². The second-order valence-corrected chi connectivity index (χ2v) is 7.60. The largest absolute Gasteiger partial charge is 0.248 e. The summed E-state index contributed by atoms with van der Waals surface area (Å²) in [6.07, 6.45) is 1.86. The molecule has 0 bridgehead atoms. The zero-order valence-corrected chi connectivity index (χ0v) is 14.1. The van der Waals surface area contributed by atoms with E-state index >= 15 is 0 Å². The van der Waals surface area contributed by atoms with Crippen molar-refractivity contribution in [3.63, 3.8) is 0 Å². The quantitative estimate of drug-likeness (QED) is 0.708. The minimum atomic E-state index is 0.204. The first-order valence-electron chi connectivity index (χ1n) is 6.27. The van der Waals surface area contributed by atoms with E-state index < -0.39 is 0 Å². The van der Waals surface area contributed by atoms with Gasteiger partial charge < -0.3 is 0 Å². The van der Waals surface area contributed by atoms with Crippen LogP contribution in [0.5, 0.6) is 0 Å². The lowest BCUT2D eigenvalue weighted by Gasteiger charge is -2.19. The van der Waals surface area contributed by atoms with Crippen molar-refractivity contribution in [1.82, 2.24) is 4.98 Å². The molecule has 0 spiro atoms. The highest BCUT2D eigenvalue weighted by Crippen LogP contribution is 2.30. The average Bonchev–Trinajstić information content (AvgIpc) is 2.33. The van der Waals surface area contributed by atoms with E-state index in [1.165, 1.54) is 16.0 Å². The van der Waals surface area contributed by atoms with Crippen LogP contribution >= 0.6 is 27.7 Å². The van der Waals surface area contributed by atoms with Crippen molar-refractivity contribution in [1.29, 1.82) is 0 Å². The number of aryl methyl sites for hydroxylation is 1. The van der Waals surface area contributed by atoms with Crippen molar-refractivity contribution < 1.29 is 0 Å². The van der Waals surface area contributed by atoms with Crippen LogP contribution in [-0.2, 0) is 5.41 Å². The van der Waals surface area contributed by atoms with E-state index in [4.69, 9.17) is 0 Å². The molecule has 0 aliphatic rings. The Balaban J connectivity index is 2.17. The third kappa shape index (κ3) is 3.83. The molecule has 0 fully saturated rings. The predicted molar refractivity (Wildman–Crippen MR) is 85.9 cm³/mol. The molecule has 100 valence electrons. The average molecular weight is 336 g/mol. The summed E-state index contributed by atoms with van der Waals surface area (Å²) in [7, 11) is 0. The molecule has 0 amide bonds. The second kappa shape index (κ2) is 5.68. The molecular weight excluding hydrogens is 318 g/mol. The van der Waals surface area contributed by atoms with Crippen LogP contribution in [0.2, 0.25) is 0 Å². The molecule has 0 N–H and O–H groups in total. The molecule has 2 aromatic rings. The van der Waals surface area contributed by atoms with Crippen molar-refractivity contribution in [3.8, 4) is 0 Å². The van der Waals surface area contributed by atoms with Gasteiger partial charge in [-0.25, -0.2) is 4.98 Å². The third-order valence-corrected chi connectivity index (χ3v) is 4.74. The summed E-state index contributed by atoms with van der Waals surface area (Å²) in [5, 5.41) is 1.03. The first kappa shape index (κ1) is 14.6. The number of aromatic nitrogens is 1. The number of nitrogens with zero attached hydrogens (tertiary/aromatic N) is 1. The summed E-state index contributed by atoms with van der Waals surface area (Å²) in [6, 6.07) is 10.9. The van der Waals surface area contributed by atoms with Gasteiger partial charge in [0.15, 0.2) is 0 Å². The molecule has 0 aliphatic heterocycles. The SMILES string of the molecule is Cc1cc(Sc2ccc(C(C)(C)C)cc2)ncc1Br. The normalized spacial score (nSPS) is 11.6. The minimum Gasteiger partial charge on any atom is -0.248 e. The summed E-state index contributed by atoms with van der Waals surface area (Å²) in [4.78, 5) is 5.65. The second-order valence-electron chi connectivity index (χ2n) is 5.65. The van der Waals surface area contributed by atoms with Crippen LogP contribution < -0.4 is 0 Å². The molecule has 1 aromatic carbocycles. The van der Waals surface area contributed by atoms with Crippen LogP contribution in [0.3, 0.4) is 0 Å². The number of hydrogen-bond acceptors (Lipinski definition) is 2. The molecule has 1 nitrogen and oxygen atoms in total. The maximum atomic E-state index is 4.42. The van der Waals surface area contributed by atoms with Crippen LogP contribution in [0.4, 0.5) is 0 Å². The van der Waals surface area contributed by atoms with Gasteiger partial charge in [0.05, 0.1) is 0 Å². The molecule has 1 aromatic heterocycles. The van der Waals surface area contributed by atoms with Crippen LogP contribution in [0.1, 0.15) is 31.9 Å². The van der Waals surface area contributed by atoms with Crippen molar-refractivity contribution in [2.24, 2.45) is 0 Å². The molecule has 2 rings (SSSR count). The number of halogens is 1. The van der Waals surface area contributed by atoms with E-state index in [9.17, 15) is 0 Å². The van der Waals surface area contributed by atoms with Gasteiger partial charge in [0, 0.05) is 15.6 Å².